The summed E-state index contributed by atoms with van der Waals surface area (Å²) in [5, 5.41) is 0. The van der Waals surface area contributed by atoms with Gasteiger partial charge in [-0.2, -0.15) is 0 Å². The van der Waals surface area contributed by atoms with Crippen LogP contribution in [0.3, 0.4) is 0 Å². The lowest BCUT2D eigenvalue weighted by Crippen LogP contribution is -2.34. The highest BCUT2D eigenvalue weighted by Gasteiger charge is 2.23. The van der Waals surface area contributed by atoms with E-state index in [1.807, 2.05) is 36.7 Å². The maximum absolute atomic E-state index is 13.1. The van der Waals surface area contributed by atoms with E-state index < -0.39 is 0 Å². The van der Waals surface area contributed by atoms with E-state index >= 15 is 0 Å². The van der Waals surface area contributed by atoms with Gasteiger partial charge in [0, 0.05) is 49.0 Å². The Kier molecular flexibility index (Phi) is 7.05. The normalized spacial score (nSPS) is 14.3. The maximum Gasteiger partial charge on any atom is 0.140 e. The van der Waals surface area contributed by atoms with Crippen LogP contribution in [0.2, 0.25) is 0 Å². The Morgan fingerprint density at radius 1 is 0.963 bits per heavy atom. The molecule has 144 valence electrons. The molecule has 1 aliphatic rings. The number of nitrogens with zero attached hydrogens (tertiary/aromatic N) is 4. The lowest BCUT2D eigenvalue weighted by Gasteiger charge is -2.34. The third kappa shape index (κ3) is 4.51. The predicted molar refractivity (Wildman–Crippen MR) is 111 cm³/mol. The molecular formula is C19H22Cl2FN5. The highest BCUT2D eigenvalue weighted by molar-refractivity contribution is 5.85. The number of nitrogens with two attached hydrogens (primary N) is 1. The van der Waals surface area contributed by atoms with Crippen molar-refractivity contribution in [1.29, 1.82) is 0 Å². The minimum absolute atomic E-state index is 0. The standard InChI is InChI=1S/C19H20FN5.2ClH/c20-15-1-3-16(4-2-15)24-10-6-17(7-11-24)25-12-9-23-19(25)14-5-8-22-18(21)13-14;;/h1-5,8-9,12-13,17H,6-7,10-11H2,(H2,21,22);2*1H. The molecule has 5 nitrogen and oxygen atoms in total. The molecule has 0 amide bonds. The van der Waals surface area contributed by atoms with Crippen LogP contribution in [0.15, 0.2) is 55.0 Å². The van der Waals surface area contributed by atoms with Crippen LogP contribution in [-0.2, 0) is 0 Å². The van der Waals surface area contributed by atoms with E-state index in [-0.39, 0.29) is 30.6 Å². The maximum atomic E-state index is 13.1. The van der Waals surface area contributed by atoms with E-state index in [1.165, 1.54) is 12.1 Å². The van der Waals surface area contributed by atoms with Crippen molar-refractivity contribution in [2.75, 3.05) is 23.7 Å². The Bertz CT molecular complexity index is 861. The molecule has 1 aromatic carbocycles. The highest BCUT2D eigenvalue weighted by Crippen LogP contribution is 2.30. The number of halogens is 3. The molecule has 0 unspecified atom stereocenters. The van der Waals surface area contributed by atoms with Crippen LogP contribution in [0.25, 0.3) is 11.4 Å². The molecule has 3 aromatic rings. The van der Waals surface area contributed by atoms with Gasteiger partial charge in [-0.05, 0) is 49.2 Å². The first-order valence-corrected chi connectivity index (χ1v) is 8.46. The van der Waals surface area contributed by atoms with Crippen molar-refractivity contribution in [1.82, 2.24) is 14.5 Å². The van der Waals surface area contributed by atoms with E-state index in [2.05, 4.69) is 19.4 Å². The van der Waals surface area contributed by atoms with E-state index in [4.69, 9.17) is 5.73 Å². The number of piperidine rings is 1. The van der Waals surface area contributed by atoms with Gasteiger partial charge in [-0.15, -0.1) is 24.8 Å². The second-order valence-corrected chi connectivity index (χ2v) is 6.32. The Morgan fingerprint density at radius 2 is 1.67 bits per heavy atom. The molecule has 0 spiro atoms. The molecule has 2 aromatic heterocycles. The SMILES string of the molecule is Cl.Cl.Nc1cc(-c2nccn2C2CCN(c3ccc(F)cc3)CC2)ccn1. The molecule has 0 atom stereocenters. The summed E-state index contributed by atoms with van der Waals surface area (Å²) in [6.45, 7) is 1.87. The zero-order valence-corrected chi connectivity index (χ0v) is 16.3. The molecular weight excluding hydrogens is 388 g/mol. The van der Waals surface area contributed by atoms with Gasteiger partial charge in [0.05, 0.1) is 0 Å². The monoisotopic (exact) mass is 409 g/mol. The molecule has 3 heterocycles. The first-order chi connectivity index (χ1) is 12.2. The van der Waals surface area contributed by atoms with Crippen molar-refractivity contribution >= 4 is 36.3 Å². The summed E-state index contributed by atoms with van der Waals surface area (Å²) in [6.07, 6.45) is 7.60. The predicted octanol–water partition coefficient (Wildman–Crippen LogP) is 4.35. The number of pyridine rings is 1. The number of nitrogen functional groups attached to an aromatic ring is 1. The van der Waals surface area contributed by atoms with Crippen LogP contribution in [-0.4, -0.2) is 27.6 Å². The van der Waals surface area contributed by atoms with Crippen molar-refractivity contribution in [3.8, 4) is 11.4 Å². The van der Waals surface area contributed by atoms with Crippen molar-refractivity contribution < 1.29 is 4.39 Å². The Hall–Kier alpha value is -2.31. The molecule has 0 saturated carbocycles. The fraction of sp³-hybridized carbons (Fsp3) is 0.263. The minimum atomic E-state index is -0.196. The number of aromatic nitrogens is 3. The van der Waals surface area contributed by atoms with Crippen molar-refractivity contribution in [2.45, 2.75) is 18.9 Å². The third-order valence-electron chi connectivity index (χ3n) is 4.76. The van der Waals surface area contributed by atoms with E-state index in [1.54, 1.807) is 6.20 Å². The molecule has 27 heavy (non-hydrogen) atoms. The summed E-state index contributed by atoms with van der Waals surface area (Å²) in [5.74, 6) is 1.23. The molecule has 1 aliphatic heterocycles. The van der Waals surface area contributed by atoms with Gasteiger partial charge in [0.1, 0.15) is 17.5 Å². The molecule has 2 N–H and O–H groups in total. The molecule has 0 bridgehead atoms. The second kappa shape index (κ2) is 9.06. The molecule has 0 radical (unpaired) electrons. The highest BCUT2D eigenvalue weighted by atomic mass is 35.5. The zero-order chi connectivity index (χ0) is 17.2. The zero-order valence-electron chi connectivity index (χ0n) is 14.7. The van der Waals surface area contributed by atoms with Crippen LogP contribution in [0.5, 0.6) is 0 Å². The van der Waals surface area contributed by atoms with Crippen LogP contribution in [0.1, 0.15) is 18.9 Å². The van der Waals surface area contributed by atoms with Gasteiger partial charge in [-0.1, -0.05) is 0 Å². The van der Waals surface area contributed by atoms with E-state index in [9.17, 15) is 4.39 Å². The van der Waals surface area contributed by atoms with Crippen molar-refractivity contribution in [3.05, 3.63) is 60.8 Å². The summed E-state index contributed by atoms with van der Waals surface area (Å²) in [7, 11) is 0. The van der Waals surface area contributed by atoms with E-state index in [0.29, 0.717) is 11.9 Å². The first kappa shape index (κ1) is 21.0. The minimum Gasteiger partial charge on any atom is -0.384 e. The second-order valence-electron chi connectivity index (χ2n) is 6.32. The largest absolute Gasteiger partial charge is 0.384 e. The first-order valence-electron chi connectivity index (χ1n) is 8.46. The number of rotatable bonds is 3. The van der Waals surface area contributed by atoms with Crippen molar-refractivity contribution in [2.24, 2.45) is 0 Å². The van der Waals surface area contributed by atoms with Crippen LogP contribution in [0.4, 0.5) is 15.9 Å². The van der Waals surface area contributed by atoms with E-state index in [0.717, 1.165) is 43.0 Å². The topological polar surface area (TPSA) is 60.0 Å². The van der Waals surface area contributed by atoms with Crippen LogP contribution < -0.4 is 10.6 Å². The number of anilines is 2. The van der Waals surface area contributed by atoms with Crippen LogP contribution in [0, 0.1) is 5.82 Å². The summed E-state index contributed by atoms with van der Waals surface area (Å²) in [6, 6.07) is 10.9. The molecule has 1 saturated heterocycles. The fourth-order valence-corrected chi connectivity index (χ4v) is 3.47. The van der Waals surface area contributed by atoms with Gasteiger partial charge in [0.25, 0.3) is 0 Å². The number of imidazole rings is 1. The fourth-order valence-electron chi connectivity index (χ4n) is 3.47. The molecule has 1 fully saturated rings. The Labute approximate surface area is 170 Å². The molecule has 4 rings (SSSR count). The number of hydrogen-bond donors (Lipinski definition) is 1. The molecule has 8 heteroatoms. The number of benzene rings is 1. The number of hydrogen-bond acceptors (Lipinski definition) is 4. The van der Waals surface area contributed by atoms with Crippen molar-refractivity contribution in [3.63, 3.8) is 0 Å². The Balaban J connectivity index is 0.00000131. The summed E-state index contributed by atoms with van der Waals surface area (Å²) >= 11 is 0. The third-order valence-corrected chi connectivity index (χ3v) is 4.76. The lowest BCUT2D eigenvalue weighted by atomic mass is 10.0. The van der Waals surface area contributed by atoms with Gasteiger partial charge in [0.15, 0.2) is 0 Å². The average Bonchev–Trinajstić information content (AvgIpc) is 3.12. The van der Waals surface area contributed by atoms with Gasteiger partial charge in [-0.25, -0.2) is 14.4 Å². The quantitative estimate of drug-likeness (QED) is 0.698. The summed E-state index contributed by atoms with van der Waals surface area (Å²) < 4.78 is 15.3. The van der Waals surface area contributed by atoms with Gasteiger partial charge < -0.3 is 15.2 Å². The lowest BCUT2D eigenvalue weighted by molar-refractivity contribution is 0.399. The average molecular weight is 410 g/mol. The van der Waals surface area contributed by atoms with Gasteiger partial charge in [-0.3, -0.25) is 0 Å². The smallest absolute Gasteiger partial charge is 0.140 e. The summed E-state index contributed by atoms with van der Waals surface area (Å²) in [4.78, 5) is 10.9. The molecule has 0 aliphatic carbocycles. The summed E-state index contributed by atoms with van der Waals surface area (Å²) in [5.41, 5.74) is 7.87. The van der Waals surface area contributed by atoms with Gasteiger partial charge >= 0.3 is 0 Å². The van der Waals surface area contributed by atoms with Gasteiger partial charge in [0.2, 0.25) is 0 Å². The van der Waals surface area contributed by atoms with Crippen LogP contribution >= 0.6 is 24.8 Å². The Morgan fingerprint density at radius 3 is 2.33 bits per heavy atom.